The Kier molecular flexibility index (Phi) is 27.9. The molecule has 0 saturated carbocycles. The van der Waals surface area contributed by atoms with Crippen LogP contribution in [0.25, 0.3) is 0 Å². The highest BCUT2D eigenvalue weighted by Gasteiger charge is 2.22. The molecule has 0 aliphatic heterocycles. The van der Waals surface area contributed by atoms with Gasteiger partial charge in [-0.05, 0) is 25.7 Å². The van der Waals surface area contributed by atoms with Crippen molar-refractivity contribution in [3.63, 3.8) is 0 Å². The standard InChI is InChI=1S/C35H74N/c1-6-8-10-12-14-16-18-20-22-24-26-28-30-32-34-35(36(3,4)5)33-31-29-27-25-23-21-19-17-15-13-11-9-7-2/h35H,6-34H2,1-5H3/q+1. The molecule has 0 rings (SSSR count). The lowest BCUT2D eigenvalue weighted by molar-refractivity contribution is -0.896. The zero-order valence-electron chi connectivity index (χ0n) is 26.5. The van der Waals surface area contributed by atoms with Crippen molar-refractivity contribution < 1.29 is 4.48 Å². The maximum atomic E-state index is 2.43. The molecule has 1 nitrogen and oxygen atoms in total. The Labute approximate surface area is 231 Å². The monoisotopic (exact) mass is 509 g/mol. The van der Waals surface area contributed by atoms with Crippen LogP contribution in [0.15, 0.2) is 0 Å². The van der Waals surface area contributed by atoms with Crippen LogP contribution in [0.5, 0.6) is 0 Å². The van der Waals surface area contributed by atoms with Gasteiger partial charge in [0.2, 0.25) is 0 Å². The average Bonchev–Trinajstić information content (AvgIpc) is 2.85. The van der Waals surface area contributed by atoms with Crippen LogP contribution >= 0.6 is 0 Å². The summed E-state index contributed by atoms with van der Waals surface area (Å²) in [6.45, 7) is 4.62. The van der Waals surface area contributed by atoms with Gasteiger partial charge in [-0.25, -0.2) is 0 Å². The van der Waals surface area contributed by atoms with Crippen molar-refractivity contribution in [2.24, 2.45) is 0 Å². The second-order valence-corrected chi connectivity index (χ2v) is 13.2. The van der Waals surface area contributed by atoms with Gasteiger partial charge in [-0.2, -0.15) is 0 Å². The summed E-state index contributed by atoms with van der Waals surface area (Å²) in [6.07, 6.45) is 42.4. The quantitative estimate of drug-likeness (QED) is 0.0668. The van der Waals surface area contributed by atoms with Gasteiger partial charge in [-0.3, -0.25) is 0 Å². The summed E-state index contributed by atoms with van der Waals surface area (Å²) >= 11 is 0. The van der Waals surface area contributed by atoms with E-state index in [4.69, 9.17) is 0 Å². The molecule has 0 aromatic carbocycles. The van der Waals surface area contributed by atoms with Crippen LogP contribution in [0.2, 0.25) is 0 Å². The number of hydrogen-bond donors (Lipinski definition) is 0. The number of quaternary nitrogens is 1. The first kappa shape index (κ1) is 36.0. The van der Waals surface area contributed by atoms with Gasteiger partial charge in [0.1, 0.15) is 0 Å². The smallest absolute Gasteiger partial charge is 0.0884 e. The Balaban J connectivity index is 3.53. The highest BCUT2D eigenvalue weighted by molar-refractivity contribution is 4.61. The molecule has 1 atom stereocenters. The highest BCUT2D eigenvalue weighted by Crippen LogP contribution is 2.21. The number of nitrogens with zero attached hydrogens (tertiary/aromatic N) is 1. The topological polar surface area (TPSA) is 0 Å². The van der Waals surface area contributed by atoms with Gasteiger partial charge >= 0.3 is 0 Å². The minimum atomic E-state index is 0.870. The number of unbranched alkanes of at least 4 members (excludes halogenated alkanes) is 25. The number of rotatable bonds is 30. The van der Waals surface area contributed by atoms with Crippen molar-refractivity contribution in [1.82, 2.24) is 0 Å². The van der Waals surface area contributed by atoms with E-state index in [1.165, 1.54) is 186 Å². The van der Waals surface area contributed by atoms with Crippen LogP contribution < -0.4 is 0 Å². The summed E-state index contributed by atoms with van der Waals surface area (Å²) in [5, 5.41) is 0. The predicted molar refractivity (Wildman–Crippen MR) is 167 cm³/mol. The maximum absolute atomic E-state index is 2.43. The minimum Gasteiger partial charge on any atom is -0.328 e. The van der Waals surface area contributed by atoms with E-state index in [2.05, 4.69) is 35.0 Å². The summed E-state index contributed by atoms with van der Waals surface area (Å²) in [7, 11) is 7.28. The Morgan fingerprint density at radius 3 is 0.694 bits per heavy atom. The Bertz CT molecular complexity index is 396. The lowest BCUT2D eigenvalue weighted by Gasteiger charge is -2.34. The first-order chi connectivity index (χ1) is 17.5. The summed E-state index contributed by atoms with van der Waals surface area (Å²) in [5.74, 6) is 0. The van der Waals surface area contributed by atoms with E-state index < -0.39 is 0 Å². The van der Waals surface area contributed by atoms with Gasteiger partial charge in [-0.15, -0.1) is 0 Å². The summed E-state index contributed by atoms with van der Waals surface area (Å²) in [5.41, 5.74) is 0. The molecule has 36 heavy (non-hydrogen) atoms. The van der Waals surface area contributed by atoms with E-state index in [0.29, 0.717) is 0 Å². The molecule has 0 aliphatic carbocycles. The van der Waals surface area contributed by atoms with Crippen molar-refractivity contribution in [3.05, 3.63) is 0 Å². The van der Waals surface area contributed by atoms with Crippen molar-refractivity contribution in [3.8, 4) is 0 Å². The third kappa shape index (κ3) is 27.0. The van der Waals surface area contributed by atoms with E-state index in [-0.39, 0.29) is 0 Å². The Hall–Kier alpha value is -0.0400. The van der Waals surface area contributed by atoms with E-state index in [1.807, 2.05) is 0 Å². The predicted octanol–water partition coefficient (Wildman–Crippen LogP) is 12.4. The maximum Gasteiger partial charge on any atom is 0.0884 e. The first-order valence-electron chi connectivity index (χ1n) is 17.3. The zero-order valence-corrected chi connectivity index (χ0v) is 26.5. The third-order valence-electron chi connectivity index (χ3n) is 8.63. The summed E-state index contributed by atoms with van der Waals surface area (Å²) in [6, 6.07) is 0.870. The molecule has 1 unspecified atom stereocenters. The van der Waals surface area contributed by atoms with Crippen LogP contribution in [-0.2, 0) is 0 Å². The van der Waals surface area contributed by atoms with Crippen LogP contribution in [-0.4, -0.2) is 31.7 Å². The van der Waals surface area contributed by atoms with E-state index >= 15 is 0 Å². The second kappa shape index (κ2) is 28.0. The van der Waals surface area contributed by atoms with Crippen molar-refractivity contribution >= 4 is 0 Å². The molecule has 0 radical (unpaired) electrons. The third-order valence-corrected chi connectivity index (χ3v) is 8.63. The van der Waals surface area contributed by atoms with Gasteiger partial charge in [-0.1, -0.05) is 174 Å². The number of hydrogen-bond acceptors (Lipinski definition) is 0. The minimum absolute atomic E-state index is 0.870. The van der Waals surface area contributed by atoms with Crippen LogP contribution in [0.3, 0.4) is 0 Å². The highest BCUT2D eigenvalue weighted by atomic mass is 15.3. The van der Waals surface area contributed by atoms with Gasteiger partial charge < -0.3 is 4.48 Å². The van der Waals surface area contributed by atoms with Crippen molar-refractivity contribution in [1.29, 1.82) is 0 Å². The van der Waals surface area contributed by atoms with Crippen LogP contribution in [0.4, 0.5) is 0 Å². The van der Waals surface area contributed by atoms with Gasteiger partial charge in [0.25, 0.3) is 0 Å². The molecular weight excluding hydrogens is 434 g/mol. The fraction of sp³-hybridized carbons (Fsp3) is 1.00. The van der Waals surface area contributed by atoms with Crippen molar-refractivity contribution in [2.45, 2.75) is 206 Å². The Morgan fingerprint density at radius 1 is 0.306 bits per heavy atom. The van der Waals surface area contributed by atoms with Crippen molar-refractivity contribution in [2.75, 3.05) is 21.1 Å². The largest absolute Gasteiger partial charge is 0.328 e. The molecular formula is C35H74N+. The molecule has 0 saturated heterocycles. The molecule has 218 valence electrons. The molecule has 0 aromatic rings. The fourth-order valence-corrected chi connectivity index (χ4v) is 5.89. The molecule has 0 aliphatic rings. The molecule has 0 amide bonds. The van der Waals surface area contributed by atoms with Crippen LogP contribution in [0.1, 0.15) is 200 Å². The van der Waals surface area contributed by atoms with E-state index in [9.17, 15) is 0 Å². The zero-order chi connectivity index (χ0) is 26.6. The van der Waals surface area contributed by atoms with E-state index in [1.54, 1.807) is 0 Å². The van der Waals surface area contributed by atoms with E-state index in [0.717, 1.165) is 10.5 Å². The second-order valence-electron chi connectivity index (χ2n) is 13.2. The average molecular weight is 509 g/mol. The van der Waals surface area contributed by atoms with Gasteiger partial charge in [0, 0.05) is 0 Å². The first-order valence-corrected chi connectivity index (χ1v) is 17.3. The van der Waals surface area contributed by atoms with Gasteiger partial charge in [0.15, 0.2) is 0 Å². The fourth-order valence-electron chi connectivity index (χ4n) is 5.89. The normalized spacial score (nSPS) is 12.9. The molecule has 0 heterocycles. The summed E-state index contributed by atoms with van der Waals surface area (Å²) < 4.78 is 1.16. The lowest BCUT2D eigenvalue weighted by Crippen LogP contribution is -2.45. The molecule has 0 N–H and O–H groups in total. The lowest BCUT2D eigenvalue weighted by atomic mass is 9.97. The Morgan fingerprint density at radius 2 is 0.500 bits per heavy atom. The van der Waals surface area contributed by atoms with Gasteiger partial charge in [0.05, 0.1) is 27.2 Å². The molecule has 1 heteroatoms. The molecule has 0 bridgehead atoms. The van der Waals surface area contributed by atoms with Crippen LogP contribution in [0, 0.1) is 0 Å². The molecule has 0 aromatic heterocycles. The molecule has 0 spiro atoms. The summed E-state index contributed by atoms with van der Waals surface area (Å²) in [4.78, 5) is 0. The molecule has 0 fully saturated rings. The SMILES string of the molecule is CCCCCCCCCCCCCCCCC(CCCCCCCCCCCCCCC)[N+](C)(C)C.